The van der Waals surface area contributed by atoms with Gasteiger partial charge in [0.25, 0.3) is 0 Å². The van der Waals surface area contributed by atoms with E-state index in [4.69, 9.17) is 10.00 Å². The summed E-state index contributed by atoms with van der Waals surface area (Å²) in [5, 5.41) is 34.2. The van der Waals surface area contributed by atoms with Crippen molar-refractivity contribution in [2.45, 2.75) is 87.5 Å². The Hall–Kier alpha value is -3.01. The molecule has 1 aromatic heterocycles. The lowest BCUT2D eigenvalue weighted by atomic mass is 9.49. The van der Waals surface area contributed by atoms with Crippen LogP contribution >= 0.6 is 0 Å². The molecule has 2 bridgehead atoms. The first-order valence-corrected chi connectivity index (χ1v) is 14.5. The van der Waals surface area contributed by atoms with Gasteiger partial charge in [-0.3, -0.25) is 4.90 Å². The number of phenolic OH excluding ortho intramolecular Hbond substituents is 1. The topological polar surface area (TPSA) is 81.7 Å². The molecule has 3 aromatic rings. The zero-order valence-electron chi connectivity index (χ0n) is 21.8. The third kappa shape index (κ3) is 2.84. The van der Waals surface area contributed by atoms with Gasteiger partial charge in [0.05, 0.1) is 22.8 Å². The van der Waals surface area contributed by atoms with Crippen LogP contribution in [0.2, 0.25) is 0 Å². The molecule has 2 aromatic carbocycles. The summed E-state index contributed by atoms with van der Waals surface area (Å²) >= 11 is 0. The van der Waals surface area contributed by atoms with Gasteiger partial charge in [0.15, 0.2) is 17.6 Å². The number of benzene rings is 2. The summed E-state index contributed by atoms with van der Waals surface area (Å²) in [6, 6.07) is 14.8. The average Bonchev–Trinajstić information content (AvgIpc) is 3.59. The number of hydrogen-bond acceptors (Lipinski definition) is 5. The van der Waals surface area contributed by atoms with E-state index in [1.807, 2.05) is 0 Å². The number of unbranched alkanes of at least 4 members (excludes halogenated alkanes) is 3. The Labute approximate surface area is 223 Å². The molecule has 5 aliphatic rings. The number of fused-ring (bicyclic) bond motifs is 4. The van der Waals surface area contributed by atoms with Crippen molar-refractivity contribution in [2.75, 3.05) is 13.1 Å². The highest BCUT2D eigenvalue weighted by molar-refractivity contribution is 5.87. The first-order valence-electron chi connectivity index (χ1n) is 14.5. The molecule has 3 heterocycles. The van der Waals surface area contributed by atoms with Gasteiger partial charge >= 0.3 is 0 Å². The van der Waals surface area contributed by atoms with E-state index in [2.05, 4.69) is 45.9 Å². The van der Waals surface area contributed by atoms with Crippen molar-refractivity contribution >= 4 is 10.9 Å². The standard InChI is InChI=1S/C32H35N3O3/c33-14-5-1-2-6-15-35-24-8-4-3-7-22(24)23-18-32(37)26-17-21-11-12-25(36)29-27(21)31(32,30(38-29)28(23)35)13-16-34(26)19-20-9-10-20/h3-4,7-8,11-12,20,26,30,36-37H,1-2,5-6,9-10,13,15-19H2/t26-,30+,31+,32-/m1/s1. The predicted octanol–water partition coefficient (Wildman–Crippen LogP) is 5.13. The van der Waals surface area contributed by atoms with Gasteiger partial charge < -0.3 is 19.5 Å². The van der Waals surface area contributed by atoms with Crippen molar-refractivity contribution in [3.05, 3.63) is 58.8 Å². The van der Waals surface area contributed by atoms with Crippen LogP contribution < -0.4 is 4.74 Å². The van der Waals surface area contributed by atoms with Gasteiger partial charge in [-0.2, -0.15) is 5.26 Å². The van der Waals surface area contributed by atoms with Gasteiger partial charge in [-0.15, -0.1) is 0 Å². The summed E-state index contributed by atoms with van der Waals surface area (Å²) < 4.78 is 9.30. The maximum atomic E-state index is 13.1. The molecule has 196 valence electrons. The lowest BCUT2D eigenvalue weighted by molar-refractivity contribution is -0.173. The maximum absolute atomic E-state index is 13.1. The number of piperidine rings is 1. The van der Waals surface area contributed by atoms with Crippen LogP contribution in [0, 0.1) is 17.2 Å². The monoisotopic (exact) mass is 509 g/mol. The molecule has 2 N–H and O–H groups in total. The number of para-hydroxylation sites is 1. The highest BCUT2D eigenvalue weighted by atomic mass is 16.5. The van der Waals surface area contributed by atoms with E-state index in [-0.39, 0.29) is 17.9 Å². The molecule has 1 spiro atoms. The summed E-state index contributed by atoms with van der Waals surface area (Å²) in [4.78, 5) is 2.59. The van der Waals surface area contributed by atoms with Crippen LogP contribution in [0.25, 0.3) is 10.9 Å². The minimum absolute atomic E-state index is 0.0483. The number of ether oxygens (including phenoxy) is 1. The van der Waals surface area contributed by atoms with E-state index >= 15 is 0 Å². The summed E-state index contributed by atoms with van der Waals surface area (Å²) in [5.74, 6) is 1.55. The van der Waals surface area contributed by atoms with Crippen molar-refractivity contribution in [1.29, 1.82) is 5.26 Å². The van der Waals surface area contributed by atoms with Crippen molar-refractivity contribution in [3.8, 4) is 17.6 Å². The lowest BCUT2D eigenvalue weighted by Crippen LogP contribution is -2.74. The molecule has 1 saturated carbocycles. The van der Waals surface area contributed by atoms with Crippen LogP contribution in [0.1, 0.15) is 73.4 Å². The van der Waals surface area contributed by atoms with E-state index in [9.17, 15) is 10.2 Å². The summed E-state index contributed by atoms with van der Waals surface area (Å²) in [7, 11) is 0. The number of likely N-dealkylation sites (tertiary alicyclic amines) is 1. The van der Waals surface area contributed by atoms with Crippen molar-refractivity contribution in [2.24, 2.45) is 5.92 Å². The van der Waals surface area contributed by atoms with Gasteiger partial charge in [-0.05, 0) is 74.2 Å². The highest BCUT2D eigenvalue weighted by Crippen LogP contribution is 2.69. The minimum Gasteiger partial charge on any atom is -0.504 e. The van der Waals surface area contributed by atoms with Gasteiger partial charge in [-0.25, -0.2) is 0 Å². The third-order valence-electron chi connectivity index (χ3n) is 10.5. The Bertz CT molecular complexity index is 1500. The van der Waals surface area contributed by atoms with E-state index in [0.29, 0.717) is 18.6 Å². The molecule has 6 heteroatoms. The number of nitriles is 1. The lowest BCUT2D eigenvalue weighted by Gasteiger charge is -2.63. The van der Waals surface area contributed by atoms with Crippen LogP contribution in [-0.2, 0) is 24.8 Å². The zero-order chi connectivity index (χ0) is 25.6. The Morgan fingerprint density at radius 2 is 1.97 bits per heavy atom. The second-order valence-electron chi connectivity index (χ2n) is 12.4. The van der Waals surface area contributed by atoms with Crippen LogP contribution in [0.15, 0.2) is 36.4 Å². The van der Waals surface area contributed by atoms with Crippen LogP contribution in [0.5, 0.6) is 11.5 Å². The van der Waals surface area contributed by atoms with Gasteiger partial charge in [0, 0.05) is 48.4 Å². The summed E-state index contributed by atoms with van der Waals surface area (Å²) in [5.41, 5.74) is 4.40. The summed E-state index contributed by atoms with van der Waals surface area (Å²) in [6.45, 7) is 2.90. The smallest absolute Gasteiger partial charge is 0.166 e. The molecule has 8 rings (SSSR count). The van der Waals surface area contributed by atoms with Gasteiger partial charge in [-0.1, -0.05) is 30.7 Å². The minimum atomic E-state index is -0.953. The Kier molecular flexibility index (Phi) is 4.83. The van der Waals surface area contributed by atoms with E-state index < -0.39 is 11.0 Å². The largest absolute Gasteiger partial charge is 0.504 e. The normalized spacial score (nSPS) is 30.5. The molecular formula is C32H35N3O3. The van der Waals surface area contributed by atoms with Crippen LogP contribution in [0.3, 0.4) is 0 Å². The third-order valence-corrected chi connectivity index (χ3v) is 10.5. The first kappa shape index (κ1) is 22.9. The number of aliphatic hydroxyl groups is 1. The highest BCUT2D eigenvalue weighted by Gasteiger charge is 2.73. The molecule has 6 nitrogen and oxygen atoms in total. The van der Waals surface area contributed by atoms with Crippen LogP contribution in [-0.4, -0.2) is 44.4 Å². The number of aromatic nitrogens is 1. The molecule has 38 heavy (non-hydrogen) atoms. The molecule has 1 saturated heterocycles. The number of nitrogens with zero attached hydrogens (tertiary/aromatic N) is 3. The average molecular weight is 510 g/mol. The Morgan fingerprint density at radius 3 is 2.82 bits per heavy atom. The van der Waals surface area contributed by atoms with Crippen molar-refractivity contribution < 1.29 is 14.9 Å². The van der Waals surface area contributed by atoms with Crippen molar-refractivity contribution in [3.63, 3.8) is 0 Å². The number of aryl methyl sites for hydroxylation is 1. The predicted molar refractivity (Wildman–Crippen MR) is 144 cm³/mol. The molecule has 3 aliphatic carbocycles. The molecule has 0 radical (unpaired) electrons. The Balaban J connectivity index is 1.32. The van der Waals surface area contributed by atoms with Gasteiger partial charge in [0.2, 0.25) is 0 Å². The van der Waals surface area contributed by atoms with Gasteiger partial charge in [0.1, 0.15) is 0 Å². The van der Waals surface area contributed by atoms with E-state index in [1.54, 1.807) is 6.07 Å². The Morgan fingerprint density at radius 1 is 1.11 bits per heavy atom. The van der Waals surface area contributed by atoms with Crippen molar-refractivity contribution in [1.82, 2.24) is 9.47 Å². The molecular weight excluding hydrogens is 474 g/mol. The molecule has 2 aliphatic heterocycles. The fourth-order valence-electron chi connectivity index (χ4n) is 8.69. The number of aromatic hydroxyl groups is 1. The molecule has 0 unspecified atom stereocenters. The second kappa shape index (κ2) is 8.00. The molecule has 0 amide bonds. The molecule has 4 atom stereocenters. The summed E-state index contributed by atoms with van der Waals surface area (Å²) in [6.07, 6.45) is 8.07. The number of phenols is 1. The number of hydrogen-bond donors (Lipinski definition) is 2. The zero-order valence-corrected chi connectivity index (χ0v) is 21.8. The second-order valence-corrected chi connectivity index (χ2v) is 12.4. The number of rotatable bonds is 7. The quantitative estimate of drug-likeness (QED) is 0.432. The fraction of sp³-hybridized carbons (Fsp3) is 0.531. The van der Waals surface area contributed by atoms with E-state index in [0.717, 1.165) is 63.2 Å². The first-order chi connectivity index (χ1) is 18.6. The molecule has 2 fully saturated rings. The van der Waals surface area contributed by atoms with E-state index in [1.165, 1.54) is 40.6 Å². The maximum Gasteiger partial charge on any atom is 0.166 e. The SMILES string of the molecule is N#CCCCCCn1c2c(c3ccccc31)C[C@@]1(O)[C@H]3Cc4ccc(O)c5c4[C@@]1(CCN3CC1CC1)[C@H]2O5. The fourth-order valence-corrected chi connectivity index (χ4v) is 8.69. The van der Waals surface area contributed by atoms with Crippen LogP contribution in [0.4, 0.5) is 0 Å².